The van der Waals surface area contributed by atoms with Gasteiger partial charge >= 0.3 is 5.97 Å². The number of aromatic nitrogens is 1. The van der Waals surface area contributed by atoms with Gasteiger partial charge < -0.3 is 15.0 Å². The third-order valence-corrected chi connectivity index (χ3v) is 3.09. The minimum Gasteiger partial charge on any atom is -0.465 e. The molecule has 2 aromatic rings. The fourth-order valence-corrected chi connectivity index (χ4v) is 2.16. The summed E-state index contributed by atoms with van der Waals surface area (Å²) in [4.78, 5) is 11.7. The summed E-state index contributed by atoms with van der Waals surface area (Å²) in [6.45, 7) is 2.08. The molecule has 2 rings (SSSR count). The number of rotatable bonds is 3. The molecule has 0 spiro atoms. The Labute approximate surface area is 110 Å². The highest BCUT2D eigenvalue weighted by molar-refractivity contribution is 6.31. The zero-order chi connectivity index (χ0) is 13.3. The van der Waals surface area contributed by atoms with E-state index in [1.807, 2.05) is 29.9 Å². The van der Waals surface area contributed by atoms with Gasteiger partial charge in [0.1, 0.15) is 6.04 Å². The summed E-state index contributed by atoms with van der Waals surface area (Å²) in [5, 5.41) is 1.57. The number of nitrogens with zero attached hydrogens (tertiary/aromatic N) is 1. The number of benzene rings is 1. The Kier molecular flexibility index (Phi) is 3.59. The lowest BCUT2D eigenvalue weighted by Gasteiger charge is -2.09. The highest BCUT2D eigenvalue weighted by Gasteiger charge is 2.21. The number of carbonyl (C=O) groups excluding carboxylic acids is 1. The number of nitrogens with two attached hydrogens (primary N) is 1. The van der Waals surface area contributed by atoms with Crippen molar-refractivity contribution < 1.29 is 9.53 Å². The lowest BCUT2D eigenvalue weighted by molar-refractivity contribution is -0.144. The van der Waals surface area contributed by atoms with Crippen LogP contribution >= 0.6 is 11.6 Å². The summed E-state index contributed by atoms with van der Waals surface area (Å²) in [5.74, 6) is -0.417. The van der Waals surface area contributed by atoms with E-state index >= 15 is 0 Å². The monoisotopic (exact) mass is 266 g/mol. The molecule has 1 aromatic heterocycles. The number of ether oxygens (including phenoxy) is 1. The van der Waals surface area contributed by atoms with Crippen LogP contribution in [0.5, 0.6) is 0 Å². The van der Waals surface area contributed by atoms with Crippen LogP contribution < -0.4 is 5.73 Å². The Morgan fingerprint density at radius 2 is 2.28 bits per heavy atom. The predicted octanol–water partition coefficient (Wildman–Crippen LogP) is 2.39. The first-order valence-corrected chi connectivity index (χ1v) is 6.09. The standard InChI is InChI=1S/C13H15ClN2O2/c1-3-18-13(17)12(15)10-7-16(2)11-6-8(14)4-5-9(10)11/h4-7,12H,3,15H2,1-2H3. The molecule has 0 saturated carbocycles. The van der Waals surface area contributed by atoms with E-state index in [0.29, 0.717) is 11.6 Å². The average molecular weight is 267 g/mol. The third-order valence-electron chi connectivity index (χ3n) is 2.86. The van der Waals surface area contributed by atoms with Crippen LogP contribution in [0.4, 0.5) is 0 Å². The maximum atomic E-state index is 11.7. The zero-order valence-electron chi connectivity index (χ0n) is 10.3. The van der Waals surface area contributed by atoms with Crippen molar-refractivity contribution in [1.29, 1.82) is 0 Å². The van der Waals surface area contributed by atoms with Gasteiger partial charge in [-0.2, -0.15) is 0 Å². The van der Waals surface area contributed by atoms with Crippen molar-refractivity contribution in [3.63, 3.8) is 0 Å². The summed E-state index contributed by atoms with van der Waals surface area (Å²) in [6.07, 6.45) is 1.84. The summed E-state index contributed by atoms with van der Waals surface area (Å²) >= 11 is 5.96. The highest BCUT2D eigenvalue weighted by Crippen LogP contribution is 2.27. The average Bonchev–Trinajstić information content (AvgIpc) is 2.66. The summed E-state index contributed by atoms with van der Waals surface area (Å²) < 4.78 is 6.84. The van der Waals surface area contributed by atoms with Gasteiger partial charge in [0.2, 0.25) is 0 Å². The van der Waals surface area contributed by atoms with E-state index in [0.717, 1.165) is 16.5 Å². The Balaban J connectivity index is 2.48. The normalized spacial score (nSPS) is 12.7. The van der Waals surface area contributed by atoms with E-state index < -0.39 is 12.0 Å². The Morgan fingerprint density at radius 3 is 2.94 bits per heavy atom. The molecule has 0 fully saturated rings. The first-order chi connectivity index (χ1) is 8.54. The van der Waals surface area contributed by atoms with Gasteiger partial charge in [-0.15, -0.1) is 0 Å². The molecule has 1 atom stereocenters. The molecule has 0 aliphatic rings. The minimum absolute atomic E-state index is 0.323. The molecule has 1 heterocycles. The molecule has 0 amide bonds. The van der Waals surface area contributed by atoms with E-state index in [9.17, 15) is 4.79 Å². The van der Waals surface area contributed by atoms with E-state index in [-0.39, 0.29) is 0 Å². The van der Waals surface area contributed by atoms with Crippen LogP contribution in [0.15, 0.2) is 24.4 Å². The molecule has 1 unspecified atom stereocenters. The van der Waals surface area contributed by atoms with Crippen molar-refractivity contribution in [3.8, 4) is 0 Å². The lowest BCUT2D eigenvalue weighted by Crippen LogP contribution is -2.23. The third kappa shape index (κ3) is 2.21. The number of hydrogen-bond donors (Lipinski definition) is 1. The number of halogens is 1. The number of hydrogen-bond acceptors (Lipinski definition) is 3. The van der Waals surface area contributed by atoms with Crippen molar-refractivity contribution in [2.45, 2.75) is 13.0 Å². The predicted molar refractivity (Wildman–Crippen MR) is 71.5 cm³/mol. The number of aryl methyl sites for hydroxylation is 1. The number of carbonyl (C=O) groups is 1. The lowest BCUT2D eigenvalue weighted by atomic mass is 10.1. The second-order valence-corrected chi connectivity index (χ2v) is 4.52. The molecule has 18 heavy (non-hydrogen) atoms. The fourth-order valence-electron chi connectivity index (χ4n) is 2.00. The van der Waals surface area contributed by atoms with Gasteiger partial charge in [-0.3, -0.25) is 0 Å². The topological polar surface area (TPSA) is 57.2 Å². The van der Waals surface area contributed by atoms with Gasteiger partial charge in [-0.05, 0) is 19.1 Å². The van der Waals surface area contributed by atoms with Crippen LogP contribution in [0.25, 0.3) is 10.9 Å². The van der Waals surface area contributed by atoms with Gasteiger partial charge in [0.15, 0.2) is 0 Å². The van der Waals surface area contributed by atoms with Gasteiger partial charge in [-0.1, -0.05) is 17.7 Å². The highest BCUT2D eigenvalue weighted by atomic mass is 35.5. The van der Waals surface area contributed by atoms with Crippen molar-refractivity contribution >= 4 is 28.5 Å². The van der Waals surface area contributed by atoms with Gasteiger partial charge in [0.25, 0.3) is 0 Å². The quantitative estimate of drug-likeness (QED) is 0.868. The van der Waals surface area contributed by atoms with Crippen molar-refractivity contribution in [2.75, 3.05) is 6.61 Å². The van der Waals surface area contributed by atoms with Crippen molar-refractivity contribution in [1.82, 2.24) is 4.57 Å². The molecule has 0 saturated heterocycles. The van der Waals surface area contributed by atoms with Gasteiger partial charge in [0.05, 0.1) is 6.61 Å². The molecule has 0 bridgehead atoms. The van der Waals surface area contributed by atoms with Crippen LogP contribution in [0.3, 0.4) is 0 Å². The molecule has 5 heteroatoms. The molecule has 0 radical (unpaired) electrons. The first kappa shape index (κ1) is 12.9. The van der Waals surface area contributed by atoms with Crippen LogP contribution in [0.2, 0.25) is 5.02 Å². The molecule has 1 aromatic carbocycles. The Morgan fingerprint density at radius 1 is 1.56 bits per heavy atom. The van der Waals surface area contributed by atoms with Crippen LogP contribution in [0, 0.1) is 0 Å². The van der Waals surface area contributed by atoms with E-state index in [4.69, 9.17) is 22.1 Å². The van der Waals surface area contributed by atoms with Crippen molar-refractivity contribution in [3.05, 3.63) is 35.0 Å². The molecular weight excluding hydrogens is 252 g/mol. The van der Waals surface area contributed by atoms with Crippen LogP contribution in [-0.4, -0.2) is 17.1 Å². The smallest absolute Gasteiger partial charge is 0.327 e. The van der Waals surface area contributed by atoms with Gasteiger partial charge in [0, 0.05) is 34.7 Å². The number of fused-ring (bicyclic) bond motifs is 1. The molecular formula is C13H15ClN2O2. The SMILES string of the molecule is CCOC(=O)C(N)c1cn(C)c2cc(Cl)ccc12. The van der Waals surface area contributed by atoms with Crippen LogP contribution in [-0.2, 0) is 16.6 Å². The summed E-state index contributed by atoms with van der Waals surface area (Å²) in [7, 11) is 1.89. The molecule has 96 valence electrons. The molecule has 0 aliphatic heterocycles. The van der Waals surface area contributed by atoms with Crippen LogP contribution in [0.1, 0.15) is 18.5 Å². The van der Waals surface area contributed by atoms with E-state index in [2.05, 4.69) is 0 Å². The molecule has 0 aliphatic carbocycles. The summed E-state index contributed by atoms with van der Waals surface area (Å²) in [5.41, 5.74) is 7.62. The fraction of sp³-hybridized carbons (Fsp3) is 0.308. The Bertz CT molecular complexity index is 592. The second-order valence-electron chi connectivity index (χ2n) is 4.09. The largest absolute Gasteiger partial charge is 0.465 e. The number of esters is 1. The first-order valence-electron chi connectivity index (χ1n) is 5.71. The van der Waals surface area contributed by atoms with Crippen molar-refractivity contribution in [2.24, 2.45) is 12.8 Å². The second kappa shape index (κ2) is 5.00. The summed E-state index contributed by atoms with van der Waals surface area (Å²) in [6, 6.07) is 4.73. The minimum atomic E-state index is -0.769. The van der Waals surface area contributed by atoms with E-state index in [1.165, 1.54) is 0 Å². The molecule has 4 nitrogen and oxygen atoms in total. The van der Waals surface area contributed by atoms with Gasteiger partial charge in [-0.25, -0.2) is 4.79 Å². The zero-order valence-corrected chi connectivity index (χ0v) is 11.1. The van der Waals surface area contributed by atoms with E-state index in [1.54, 1.807) is 13.0 Å². The Hall–Kier alpha value is -1.52. The maximum absolute atomic E-state index is 11.7. The maximum Gasteiger partial charge on any atom is 0.327 e. The molecule has 2 N–H and O–H groups in total.